The second-order valence-electron chi connectivity index (χ2n) is 3.41. The Balaban J connectivity index is 3.24. The van der Waals surface area contributed by atoms with Crippen LogP contribution in [0.25, 0.3) is 0 Å². The lowest BCUT2D eigenvalue weighted by Crippen LogP contribution is -2.18. The predicted octanol–water partition coefficient (Wildman–Crippen LogP) is 1.50. The number of hydrogen-bond acceptors (Lipinski definition) is 3. The summed E-state index contributed by atoms with van der Waals surface area (Å²) < 4.78 is 0. The molecule has 18 heavy (non-hydrogen) atoms. The zero-order valence-electron chi connectivity index (χ0n) is 10.3. The van der Waals surface area contributed by atoms with Gasteiger partial charge in [0.2, 0.25) is 0 Å². The second kappa shape index (κ2) is 6.21. The average Bonchev–Trinajstić information content (AvgIpc) is 2.40. The van der Waals surface area contributed by atoms with Crippen LogP contribution >= 0.6 is 0 Å². The van der Waals surface area contributed by atoms with Crippen molar-refractivity contribution in [3.8, 4) is 6.07 Å². The molecule has 1 aromatic rings. The summed E-state index contributed by atoms with van der Waals surface area (Å²) in [6.07, 6.45) is 1.57. The molecule has 0 aliphatic carbocycles. The fourth-order valence-corrected chi connectivity index (χ4v) is 1.36. The Morgan fingerprint density at radius 1 is 1.50 bits per heavy atom. The van der Waals surface area contributed by atoms with Crippen LogP contribution in [0.1, 0.15) is 17.3 Å². The van der Waals surface area contributed by atoms with Crippen LogP contribution in [0.2, 0.25) is 0 Å². The van der Waals surface area contributed by atoms with E-state index in [9.17, 15) is 4.79 Å². The Hall–Kier alpha value is -2.61. The number of carbonyl (C=O) groups is 1. The van der Waals surface area contributed by atoms with Crippen LogP contribution in [0.4, 0.5) is 5.69 Å². The number of amides is 1. The summed E-state index contributed by atoms with van der Waals surface area (Å²) in [7, 11) is 1.54. The highest BCUT2D eigenvalue weighted by molar-refractivity contribution is 6.04. The van der Waals surface area contributed by atoms with Crippen molar-refractivity contribution >= 4 is 17.4 Å². The van der Waals surface area contributed by atoms with Gasteiger partial charge in [0.05, 0.1) is 16.8 Å². The number of para-hydroxylation sites is 1. The first kappa shape index (κ1) is 13.5. The van der Waals surface area contributed by atoms with E-state index in [-0.39, 0.29) is 17.3 Å². The Labute approximate surface area is 106 Å². The smallest absolute Gasteiger partial charge is 0.253 e. The Morgan fingerprint density at radius 3 is 2.72 bits per heavy atom. The van der Waals surface area contributed by atoms with Crippen LogP contribution in [0.5, 0.6) is 0 Å². The molecule has 0 aliphatic rings. The van der Waals surface area contributed by atoms with Crippen molar-refractivity contribution in [2.24, 2.45) is 10.7 Å². The minimum atomic E-state index is -0.249. The van der Waals surface area contributed by atoms with Crippen LogP contribution in [0.3, 0.4) is 0 Å². The largest absolute Gasteiger partial charge is 0.383 e. The van der Waals surface area contributed by atoms with E-state index in [1.54, 1.807) is 44.3 Å². The average molecular weight is 242 g/mol. The maximum absolute atomic E-state index is 11.6. The molecule has 5 heteroatoms. The molecular weight excluding hydrogens is 228 g/mol. The summed E-state index contributed by atoms with van der Waals surface area (Å²) >= 11 is 0. The Kier molecular flexibility index (Phi) is 4.64. The topological polar surface area (TPSA) is 91.3 Å². The molecule has 0 saturated heterocycles. The summed E-state index contributed by atoms with van der Waals surface area (Å²) in [4.78, 5) is 15.7. The summed E-state index contributed by atoms with van der Waals surface area (Å²) in [5.74, 6) is -0.155. The lowest BCUT2D eigenvalue weighted by molar-refractivity contribution is 0.0964. The first-order valence-corrected chi connectivity index (χ1v) is 5.36. The van der Waals surface area contributed by atoms with E-state index in [0.29, 0.717) is 11.3 Å². The van der Waals surface area contributed by atoms with Crippen LogP contribution in [0.15, 0.2) is 40.9 Å². The molecule has 1 aromatic carbocycles. The standard InChI is InChI=1S/C13H14N4O/c1-3-9(8-14)12(15)17-11-7-5-4-6-10(11)13(18)16-2/h3-7H,1-2H3,(H2,15,17)(H,16,18)/b9-3-. The molecule has 3 N–H and O–H groups in total. The fourth-order valence-electron chi connectivity index (χ4n) is 1.36. The molecule has 0 aromatic heterocycles. The van der Waals surface area contributed by atoms with E-state index in [2.05, 4.69) is 10.3 Å². The van der Waals surface area contributed by atoms with Crippen molar-refractivity contribution in [2.45, 2.75) is 6.92 Å². The van der Waals surface area contributed by atoms with Crippen molar-refractivity contribution in [2.75, 3.05) is 7.05 Å². The minimum Gasteiger partial charge on any atom is -0.383 e. The van der Waals surface area contributed by atoms with Crippen molar-refractivity contribution < 1.29 is 4.79 Å². The van der Waals surface area contributed by atoms with Gasteiger partial charge < -0.3 is 11.1 Å². The highest BCUT2D eigenvalue weighted by Crippen LogP contribution is 2.19. The highest BCUT2D eigenvalue weighted by Gasteiger charge is 2.09. The van der Waals surface area contributed by atoms with Gasteiger partial charge >= 0.3 is 0 Å². The number of amidine groups is 1. The number of rotatable bonds is 3. The first-order valence-electron chi connectivity index (χ1n) is 5.36. The summed E-state index contributed by atoms with van der Waals surface area (Å²) in [6.45, 7) is 1.70. The van der Waals surface area contributed by atoms with Crippen LogP contribution in [-0.2, 0) is 0 Å². The molecule has 0 unspecified atom stereocenters. The van der Waals surface area contributed by atoms with Crippen molar-refractivity contribution in [1.29, 1.82) is 5.26 Å². The lowest BCUT2D eigenvalue weighted by Gasteiger charge is -2.05. The zero-order valence-corrected chi connectivity index (χ0v) is 10.3. The van der Waals surface area contributed by atoms with Gasteiger partial charge in [-0.25, -0.2) is 4.99 Å². The molecule has 0 radical (unpaired) electrons. The number of benzene rings is 1. The number of nitrogens with one attached hydrogen (secondary N) is 1. The number of aliphatic imine (C=N–C) groups is 1. The van der Waals surface area contributed by atoms with Crippen molar-refractivity contribution in [3.05, 3.63) is 41.5 Å². The maximum atomic E-state index is 11.6. The van der Waals surface area contributed by atoms with Gasteiger partial charge in [0.25, 0.3) is 5.91 Å². The summed E-state index contributed by atoms with van der Waals surface area (Å²) in [6, 6.07) is 8.74. The molecule has 92 valence electrons. The molecule has 0 atom stereocenters. The van der Waals surface area contributed by atoms with Crippen LogP contribution < -0.4 is 11.1 Å². The van der Waals surface area contributed by atoms with Crippen LogP contribution in [0, 0.1) is 11.3 Å². The number of nitrogens with zero attached hydrogens (tertiary/aromatic N) is 2. The molecule has 0 spiro atoms. The third-order valence-corrected chi connectivity index (χ3v) is 2.30. The maximum Gasteiger partial charge on any atom is 0.253 e. The minimum absolute atomic E-state index is 0.0938. The zero-order chi connectivity index (χ0) is 13.5. The monoisotopic (exact) mass is 242 g/mol. The third kappa shape index (κ3) is 2.95. The number of nitrogens with two attached hydrogens (primary N) is 1. The van der Waals surface area contributed by atoms with Gasteiger partial charge in [-0.15, -0.1) is 0 Å². The van der Waals surface area contributed by atoms with Gasteiger partial charge in [0.15, 0.2) is 0 Å². The van der Waals surface area contributed by atoms with Gasteiger partial charge in [-0.1, -0.05) is 18.2 Å². The molecule has 1 rings (SSSR count). The van der Waals surface area contributed by atoms with Gasteiger partial charge in [-0.3, -0.25) is 4.79 Å². The van der Waals surface area contributed by atoms with Crippen LogP contribution in [-0.4, -0.2) is 18.8 Å². The normalized spacial score (nSPS) is 11.8. The van der Waals surface area contributed by atoms with Crippen molar-refractivity contribution in [3.63, 3.8) is 0 Å². The molecule has 0 heterocycles. The molecule has 1 amide bonds. The predicted molar refractivity (Wildman–Crippen MR) is 70.5 cm³/mol. The number of allylic oxidation sites excluding steroid dienone is 1. The van der Waals surface area contributed by atoms with Gasteiger partial charge in [0, 0.05) is 7.05 Å². The van der Waals surface area contributed by atoms with Gasteiger partial charge in [-0.05, 0) is 19.1 Å². The van der Waals surface area contributed by atoms with E-state index in [1.807, 2.05) is 6.07 Å². The van der Waals surface area contributed by atoms with Gasteiger partial charge in [-0.2, -0.15) is 5.26 Å². The summed E-state index contributed by atoms with van der Waals surface area (Å²) in [5, 5.41) is 11.4. The molecule has 0 fully saturated rings. The molecular formula is C13H14N4O. The molecule has 0 bridgehead atoms. The van der Waals surface area contributed by atoms with E-state index in [1.165, 1.54) is 0 Å². The van der Waals surface area contributed by atoms with E-state index < -0.39 is 0 Å². The molecule has 5 nitrogen and oxygen atoms in total. The third-order valence-electron chi connectivity index (χ3n) is 2.30. The Bertz CT molecular complexity index is 552. The van der Waals surface area contributed by atoms with E-state index in [0.717, 1.165) is 0 Å². The SMILES string of the molecule is C/C=C(/C#N)C(N)=Nc1ccccc1C(=O)NC. The quantitative estimate of drug-likeness (QED) is 0.478. The highest BCUT2D eigenvalue weighted by atomic mass is 16.1. The number of nitriles is 1. The van der Waals surface area contributed by atoms with E-state index in [4.69, 9.17) is 11.0 Å². The number of hydrogen-bond donors (Lipinski definition) is 2. The lowest BCUT2D eigenvalue weighted by atomic mass is 10.1. The molecule has 0 aliphatic heterocycles. The second-order valence-corrected chi connectivity index (χ2v) is 3.41. The van der Waals surface area contributed by atoms with Crippen molar-refractivity contribution in [1.82, 2.24) is 5.32 Å². The first-order chi connectivity index (χ1) is 8.63. The Morgan fingerprint density at radius 2 is 2.17 bits per heavy atom. The fraction of sp³-hybridized carbons (Fsp3) is 0.154. The molecule has 0 saturated carbocycles. The summed E-state index contributed by atoms with van der Waals surface area (Å²) in [5.41, 5.74) is 6.84. The number of carbonyl (C=O) groups excluding carboxylic acids is 1. The van der Waals surface area contributed by atoms with E-state index >= 15 is 0 Å². The van der Waals surface area contributed by atoms with Gasteiger partial charge in [0.1, 0.15) is 11.9 Å².